The van der Waals surface area contributed by atoms with Crippen molar-refractivity contribution >= 4 is 34.4 Å². The summed E-state index contributed by atoms with van der Waals surface area (Å²) >= 11 is 1.46. The van der Waals surface area contributed by atoms with E-state index in [2.05, 4.69) is 10.3 Å². The number of thioether (sulfide) groups is 1. The van der Waals surface area contributed by atoms with E-state index in [-0.39, 0.29) is 11.2 Å². The van der Waals surface area contributed by atoms with Crippen molar-refractivity contribution in [2.45, 2.75) is 49.1 Å². The summed E-state index contributed by atoms with van der Waals surface area (Å²) in [4.78, 5) is 23.8. The number of rotatable bonds is 5. The molecule has 24 heavy (non-hydrogen) atoms. The number of aromatic nitrogens is 2. The van der Waals surface area contributed by atoms with E-state index in [1.807, 2.05) is 36.1 Å². The predicted octanol–water partition coefficient (Wildman–Crippen LogP) is 3.31. The summed E-state index contributed by atoms with van der Waals surface area (Å²) in [6.07, 6.45) is 4.63. The highest BCUT2D eigenvalue weighted by atomic mass is 32.2. The lowest BCUT2D eigenvalue weighted by Crippen LogP contribution is -2.34. The minimum atomic E-state index is -0.155. The SMILES string of the molecule is CC(Sc1nc(NC2CC2)c2ccccc2n1)C(=O)N1CCCC1. The molecule has 1 atom stereocenters. The van der Waals surface area contributed by atoms with Crippen molar-refractivity contribution in [1.29, 1.82) is 0 Å². The van der Waals surface area contributed by atoms with Crippen LogP contribution in [0, 0.1) is 0 Å². The van der Waals surface area contributed by atoms with Crippen LogP contribution in [-0.4, -0.2) is 45.2 Å². The van der Waals surface area contributed by atoms with E-state index < -0.39 is 0 Å². The molecule has 2 aliphatic rings. The van der Waals surface area contributed by atoms with Gasteiger partial charge >= 0.3 is 0 Å². The number of likely N-dealkylation sites (tertiary alicyclic amines) is 1. The second kappa shape index (κ2) is 6.59. The molecule has 0 radical (unpaired) electrons. The Bertz CT molecular complexity index is 756. The van der Waals surface area contributed by atoms with Gasteiger partial charge in [0.05, 0.1) is 10.8 Å². The molecule has 2 aromatic rings. The van der Waals surface area contributed by atoms with Crippen molar-refractivity contribution in [3.63, 3.8) is 0 Å². The number of anilines is 1. The summed E-state index contributed by atoms with van der Waals surface area (Å²) in [6, 6.07) is 8.59. The molecule has 6 heteroatoms. The average molecular weight is 342 g/mol. The van der Waals surface area contributed by atoms with Crippen LogP contribution in [0.4, 0.5) is 5.82 Å². The molecule has 2 fully saturated rings. The lowest BCUT2D eigenvalue weighted by Gasteiger charge is -2.19. The van der Waals surface area contributed by atoms with Crippen LogP contribution in [0.2, 0.25) is 0 Å². The van der Waals surface area contributed by atoms with Gasteiger partial charge in [0.25, 0.3) is 0 Å². The van der Waals surface area contributed by atoms with E-state index in [9.17, 15) is 4.79 Å². The molecular formula is C18H22N4OS. The summed E-state index contributed by atoms with van der Waals surface area (Å²) in [5.41, 5.74) is 0.930. The molecule has 5 nitrogen and oxygen atoms in total. The third-order valence-electron chi connectivity index (χ3n) is 4.55. The Morgan fingerprint density at radius 3 is 2.75 bits per heavy atom. The molecule has 1 amide bonds. The van der Waals surface area contributed by atoms with Crippen LogP contribution in [0.1, 0.15) is 32.6 Å². The van der Waals surface area contributed by atoms with Crippen LogP contribution in [0.25, 0.3) is 10.9 Å². The molecule has 1 aromatic carbocycles. The highest BCUT2D eigenvalue weighted by Crippen LogP contribution is 2.31. The van der Waals surface area contributed by atoms with Crippen LogP contribution in [0.3, 0.4) is 0 Å². The smallest absolute Gasteiger partial charge is 0.235 e. The molecule has 1 aliphatic heterocycles. The van der Waals surface area contributed by atoms with Gasteiger partial charge in [-0.2, -0.15) is 0 Å². The molecule has 0 spiro atoms. The maximum absolute atomic E-state index is 12.5. The molecule has 1 unspecified atom stereocenters. The van der Waals surface area contributed by atoms with Gasteiger partial charge in [-0.25, -0.2) is 9.97 Å². The number of amides is 1. The minimum absolute atomic E-state index is 0.155. The van der Waals surface area contributed by atoms with Gasteiger partial charge in [0.15, 0.2) is 5.16 Å². The number of hydrogen-bond donors (Lipinski definition) is 1. The summed E-state index contributed by atoms with van der Waals surface area (Å²) in [6.45, 7) is 3.73. The van der Waals surface area contributed by atoms with E-state index in [0.29, 0.717) is 11.2 Å². The highest BCUT2D eigenvalue weighted by molar-refractivity contribution is 8.00. The fraction of sp³-hybridized carbons (Fsp3) is 0.500. The number of para-hydroxylation sites is 1. The largest absolute Gasteiger partial charge is 0.367 e. The number of carbonyl (C=O) groups is 1. The molecule has 2 heterocycles. The third kappa shape index (κ3) is 3.34. The maximum Gasteiger partial charge on any atom is 0.235 e. The van der Waals surface area contributed by atoms with Crippen LogP contribution in [0.15, 0.2) is 29.4 Å². The van der Waals surface area contributed by atoms with E-state index in [4.69, 9.17) is 4.98 Å². The van der Waals surface area contributed by atoms with Gasteiger partial charge in [0.1, 0.15) is 5.82 Å². The minimum Gasteiger partial charge on any atom is -0.367 e. The molecule has 1 aliphatic carbocycles. The Hall–Kier alpha value is -1.82. The molecule has 1 N–H and O–H groups in total. The first-order valence-corrected chi connectivity index (χ1v) is 9.57. The van der Waals surface area contributed by atoms with Crippen LogP contribution >= 0.6 is 11.8 Å². The topological polar surface area (TPSA) is 58.1 Å². The van der Waals surface area contributed by atoms with Crippen molar-refractivity contribution < 1.29 is 4.79 Å². The van der Waals surface area contributed by atoms with Crippen molar-refractivity contribution in [1.82, 2.24) is 14.9 Å². The lowest BCUT2D eigenvalue weighted by molar-refractivity contribution is -0.129. The number of hydrogen-bond acceptors (Lipinski definition) is 5. The van der Waals surface area contributed by atoms with Gasteiger partial charge in [-0.3, -0.25) is 4.79 Å². The molecular weight excluding hydrogens is 320 g/mol. The summed E-state index contributed by atoms with van der Waals surface area (Å²) < 4.78 is 0. The summed E-state index contributed by atoms with van der Waals surface area (Å²) in [7, 11) is 0. The first kappa shape index (κ1) is 15.7. The molecule has 4 rings (SSSR count). The number of nitrogens with zero attached hydrogens (tertiary/aromatic N) is 3. The van der Waals surface area contributed by atoms with Gasteiger partial charge < -0.3 is 10.2 Å². The Labute approximate surface area is 146 Å². The van der Waals surface area contributed by atoms with Crippen molar-refractivity contribution in [2.24, 2.45) is 0 Å². The van der Waals surface area contributed by atoms with Gasteiger partial charge in [-0.05, 0) is 44.7 Å². The average Bonchev–Trinajstić information content (AvgIpc) is 3.23. The second-order valence-corrected chi connectivity index (χ2v) is 7.89. The highest BCUT2D eigenvalue weighted by Gasteiger charge is 2.26. The lowest BCUT2D eigenvalue weighted by atomic mass is 10.2. The van der Waals surface area contributed by atoms with Crippen molar-refractivity contribution in [3.05, 3.63) is 24.3 Å². The predicted molar refractivity (Wildman–Crippen MR) is 97.3 cm³/mol. The number of benzene rings is 1. The number of nitrogens with one attached hydrogen (secondary N) is 1. The Balaban J connectivity index is 1.57. The van der Waals surface area contributed by atoms with Gasteiger partial charge in [0.2, 0.25) is 5.91 Å². The molecule has 0 bridgehead atoms. The second-order valence-electron chi connectivity index (χ2n) is 6.58. The third-order valence-corrected chi connectivity index (χ3v) is 5.50. The van der Waals surface area contributed by atoms with Crippen LogP contribution in [0.5, 0.6) is 0 Å². The van der Waals surface area contributed by atoms with Crippen molar-refractivity contribution in [2.75, 3.05) is 18.4 Å². The standard InChI is InChI=1S/C18H22N4OS/c1-12(17(23)22-10-4-5-11-22)24-18-20-15-7-3-2-6-14(15)16(21-18)19-13-8-9-13/h2-3,6-7,12-13H,4-5,8-11H2,1H3,(H,19,20,21). The zero-order valence-corrected chi connectivity index (χ0v) is 14.7. The van der Waals surface area contributed by atoms with Gasteiger partial charge in [-0.15, -0.1) is 0 Å². The van der Waals surface area contributed by atoms with E-state index in [1.165, 1.54) is 24.6 Å². The van der Waals surface area contributed by atoms with E-state index in [1.54, 1.807) is 0 Å². The Morgan fingerprint density at radius 2 is 2.00 bits per heavy atom. The maximum atomic E-state index is 12.5. The molecule has 126 valence electrons. The number of carbonyl (C=O) groups excluding carboxylic acids is 1. The Kier molecular flexibility index (Phi) is 4.31. The molecule has 1 saturated carbocycles. The van der Waals surface area contributed by atoms with E-state index >= 15 is 0 Å². The number of fused-ring (bicyclic) bond motifs is 1. The quantitative estimate of drug-likeness (QED) is 0.667. The monoisotopic (exact) mass is 342 g/mol. The summed E-state index contributed by atoms with van der Waals surface area (Å²) in [5.74, 6) is 1.09. The summed E-state index contributed by atoms with van der Waals surface area (Å²) in [5, 5.41) is 5.07. The molecule has 1 saturated heterocycles. The fourth-order valence-corrected chi connectivity index (χ4v) is 3.90. The van der Waals surface area contributed by atoms with Crippen LogP contribution in [-0.2, 0) is 4.79 Å². The van der Waals surface area contributed by atoms with Crippen LogP contribution < -0.4 is 5.32 Å². The van der Waals surface area contributed by atoms with Crippen molar-refractivity contribution in [3.8, 4) is 0 Å². The zero-order chi connectivity index (χ0) is 16.5. The van der Waals surface area contributed by atoms with Gasteiger partial charge in [0, 0.05) is 24.5 Å². The fourth-order valence-electron chi connectivity index (χ4n) is 3.04. The first-order valence-electron chi connectivity index (χ1n) is 8.69. The molecule has 1 aromatic heterocycles. The first-order chi connectivity index (χ1) is 11.7. The normalized spacial score (nSPS) is 18.8. The van der Waals surface area contributed by atoms with E-state index in [0.717, 1.165) is 42.7 Å². The Morgan fingerprint density at radius 1 is 1.25 bits per heavy atom. The van der Waals surface area contributed by atoms with Gasteiger partial charge in [-0.1, -0.05) is 23.9 Å². The zero-order valence-electron chi connectivity index (χ0n) is 13.9.